The molecule has 2 rings (SSSR count). The standard InChI is InChI=1S/C21H21ClO6/c1-13(2)28-21-17(22)10-14(11-19(21)26-3)4-9-18(23)15-5-7-16(8-6-15)27-12-20(24)25/h4-11,13H,12H2,1-3H3,(H,24,25)/p-1/b9-4+. The highest BCUT2D eigenvalue weighted by Gasteiger charge is 2.13. The van der Waals surface area contributed by atoms with Gasteiger partial charge in [0, 0.05) is 5.56 Å². The number of ketones is 1. The number of methoxy groups -OCH3 is 1. The van der Waals surface area contributed by atoms with E-state index in [1.54, 1.807) is 30.3 Å². The highest BCUT2D eigenvalue weighted by molar-refractivity contribution is 6.32. The van der Waals surface area contributed by atoms with Crippen molar-refractivity contribution in [1.82, 2.24) is 0 Å². The molecule has 0 radical (unpaired) electrons. The molecule has 0 unspecified atom stereocenters. The van der Waals surface area contributed by atoms with Gasteiger partial charge in [0.05, 0.1) is 24.2 Å². The van der Waals surface area contributed by atoms with Gasteiger partial charge in [0.2, 0.25) is 0 Å². The van der Waals surface area contributed by atoms with Crippen molar-refractivity contribution in [3.63, 3.8) is 0 Å². The summed E-state index contributed by atoms with van der Waals surface area (Å²) in [6.45, 7) is 3.22. The number of benzene rings is 2. The number of carboxylic acids is 1. The molecule has 2 aromatic carbocycles. The molecule has 0 saturated carbocycles. The van der Waals surface area contributed by atoms with E-state index in [4.69, 9.17) is 25.8 Å². The zero-order valence-corrected chi connectivity index (χ0v) is 16.5. The predicted molar refractivity (Wildman–Crippen MR) is 104 cm³/mol. The van der Waals surface area contributed by atoms with E-state index in [2.05, 4.69) is 0 Å². The van der Waals surface area contributed by atoms with Crippen LogP contribution in [0, 0.1) is 0 Å². The zero-order chi connectivity index (χ0) is 20.7. The summed E-state index contributed by atoms with van der Waals surface area (Å²) in [5.41, 5.74) is 1.11. The lowest BCUT2D eigenvalue weighted by Crippen LogP contribution is -2.28. The average molecular weight is 404 g/mol. The number of allylic oxidation sites excluding steroid dienone is 1. The molecule has 0 aromatic heterocycles. The fraction of sp³-hybridized carbons (Fsp3) is 0.238. The molecule has 0 aliphatic heterocycles. The smallest absolute Gasteiger partial charge is 0.185 e. The Kier molecular flexibility index (Phi) is 7.46. The topological polar surface area (TPSA) is 84.9 Å². The van der Waals surface area contributed by atoms with Crippen LogP contribution in [-0.4, -0.2) is 31.6 Å². The van der Waals surface area contributed by atoms with Gasteiger partial charge in [-0.25, -0.2) is 0 Å². The number of hydrogen-bond donors (Lipinski definition) is 0. The summed E-state index contributed by atoms with van der Waals surface area (Å²) in [6, 6.07) is 9.53. The van der Waals surface area contributed by atoms with Gasteiger partial charge < -0.3 is 24.1 Å². The largest absolute Gasteiger partial charge is 0.546 e. The van der Waals surface area contributed by atoms with E-state index in [1.165, 1.54) is 25.3 Å². The maximum Gasteiger partial charge on any atom is 0.185 e. The van der Waals surface area contributed by atoms with Gasteiger partial charge >= 0.3 is 0 Å². The summed E-state index contributed by atoms with van der Waals surface area (Å²) in [7, 11) is 1.52. The number of carbonyl (C=O) groups excluding carboxylic acids is 2. The molecular weight excluding hydrogens is 384 g/mol. The molecule has 28 heavy (non-hydrogen) atoms. The van der Waals surface area contributed by atoms with Gasteiger partial charge in [0.1, 0.15) is 12.4 Å². The Bertz CT molecular complexity index is 871. The Morgan fingerprint density at radius 2 is 1.86 bits per heavy atom. The van der Waals surface area contributed by atoms with Crippen molar-refractivity contribution in [1.29, 1.82) is 0 Å². The SMILES string of the molecule is COc1cc(/C=C/C(=O)c2ccc(OCC(=O)[O-])cc2)cc(Cl)c1OC(C)C. The maximum atomic E-state index is 12.3. The molecule has 0 aliphatic carbocycles. The van der Waals surface area contributed by atoms with E-state index >= 15 is 0 Å². The molecule has 0 saturated heterocycles. The number of aliphatic carboxylic acids is 1. The molecule has 0 aliphatic rings. The quantitative estimate of drug-likeness (QED) is 0.472. The van der Waals surface area contributed by atoms with Crippen molar-refractivity contribution in [3.05, 3.63) is 58.6 Å². The first-order valence-corrected chi connectivity index (χ1v) is 8.87. The van der Waals surface area contributed by atoms with Gasteiger partial charge in [-0.1, -0.05) is 17.7 Å². The first kappa shape index (κ1) is 21.3. The minimum absolute atomic E-state index is 0.0620. The number of carboxylic acid groups (broad SMARTS) is 1. The second-order valence-corrected chi connectivity index (χ2v) is 6.49. The lowest BCUT2D eigenvalue weighted by atomic mass is 10.1. The summed E-state index contributed by atoms with van der Waals surface area (Å²) in [5, 5.41) is 10.8. The minimum Gasteiger partial charge on any atom is -0.546 e. The molecule has 2 aromatic rings. The first-order chi connectivity index (χ1) is 13.3. The van der Waals surface area contributed by atoms with Crippen LogP contribution in [0.5, 0.6) is 17.2 Å². The van der Waals surface area contributed by atoms with E-state index in [9.17, 15) is 14.7 Å². The van der Waals surface area contributed by atoms with Crippen LogP contribution in [0.2, 0.25) is 5.02 Å². The molecule has 0 spiro atoms. The van der Waals surface area contributed by atoms with E-state index in [0.29, 0.717) is 33.4 Å². The number of hydrogen-bond acceptors (Lipinski definition) is 6. The fourth-order valence-corrected chi connectivity index (χ4v) is 2.58. The molecular formula is C21H20ClO6-. The van der Waals surface area contributed by atoms with Gasteiger partial charge in [0.15, 0.2) is 17.3 Å². The lowest BCUT2D eigenvalue weighted by molar-refractivity contribution is -0.307. The Labute approximate surface area is 168 Å². The van der Waals surface area contributed by atoms with Crippen molar-refractivity contribution in [2.45, 2.75) is 20.0 Å². The van der Waals surface area contributed by atoms with Crippen LogP contribution in [0.3, 0.4) is 0 Å². The highest BCUT2D eigenvalue weighted by atomic mass is 35.5. The van der Waals surface area contributed by atoms with E-state index in [1.807, 2.05) is 13.8 Å². The van der Waals surface area contributed by atoms with E-state index < -0.39 is 12.6 Å². The molecule has 0 atom stereocenters. The third kappa shape index (κ3) is 6.03. The van der Waals surface area contributed by atoms with Gasteiger partial charge in [-0.15, -0.1) is 0 Å². The second-order valence-electron chi connectivity index (χ2n) is 6.08. The van der Waals surface area contributed by atoms with Crippen molar-refractivity contribution in [3.8, 4) is 17.2 Å². The Morgan fingerprint density at radius 3 is 2.43 bits per heavy atom. The lowest BCUT2D eigenvalue weighted by Gasteiger charge is -2.15. The number of halogens is 1. The number of carbonyl (C=O) groups is 2. The Hall–Kier alpha value is -2.99. The molecule has 0 fully saturated rings. The van der Waals surface area contributed by atoms with Crippen molar-refractivity contribution in [2.24, 2.45) is 0 Å². The molecule has 7 heteroatoms. The average Bonchev–Trinajstić information content (AvgIpc) is 2.66. The summed E-state index contributed by atoms with van der Waals surface area (Å²) in [4.78, 5) is 22.7. The molecule has 0 amide bonds. The molecule has 0 N–H and O–H groups in total. The first-order valence-electron chi connectivity index (χ1n) is 8.49. The van der Waals surface area contributed by atoms with Crippen LogP contribution in [0.1, 0.15) is 29.8 Å². The maximum absolute atomic E-state index is 12.3. The van der Waals surface area contributed by atoms with Gasteiger partial charge in [-0.05, 0) is 61.9 Å². The Morgan fingerprint density at radius 1 is 1.18 bits per heavy atom. The van der Waals surface area contributed by atoms with Crippen molar-refractivity contribution < 1.29 is 28.9 Å². The molecule has 0 heterocycles. The predicted octanol–water partition coefficient (Wildman–Crippen LogP) is 3.16. The number of ether oxygens (including phenoxy) is 3. The summed E-state index contributed by atoms with van der Waals surface area (Å²) in [5.74, 6) is -0.287. The minimum atomic E-state index is -1.32. The summed E-state index contributed by atoms with van der Waals surface area (Å²) >= 11 is 6.28. The van der Waals surface area contributed by atoms with Crippen LogP contribution in [0.25, 0.3) is 6.08 Å². The summed E-state index contributed by atoms with van der Waals surface area (Å²) < 4.78 is 16.0. The third-order valence-electron chi connectivity index (χ3n) is 3.53. The van der Waals surface area contributed by atoms with Crippen LogP contribution in [0.4, 0.5) is 0 Å². The van der Waals surface area contributed by atoms with Crippen molar-refractivity contribution >= 4 is 29.4 Å². The van der Waals surface area contributed by atoms with Crippen molar-refractivity contribution in [2.75, 3.05) is 13.7 Å². The fourth-order valence-electron chi connectivity index (χ4n) is 2.31. The van der Waals surface area contributed by atoms with Gasteiger partial charge in [0.25, 0.3) is 0 Å². The van der Waals surface area contributed by atoms with Crippen LogP contribution in [-0.2, 0) is 4.79 Å². The van der Waals surface area contributed by atoms with E-state index in [-0.39, 0.29) is 11.9 Å². The highest BCUT2D eigenvalue weighted by Crippen LogP contribution is 2.37. The van der Waals surface area contributed by atoms with E-state index in [0.717, 1.165) is 0 Å². The molecule has 6 nitrogen and oxygen atoms in total. The Balaban J connectivity index is 2.13. The molecule has 148 valence electrons. The van der Waals surface area contributed by atoms with Gasteiger partial charge in [-0.2, -0.15) is 0 Å². The number of rotatable bonds is 9. The van der Waals surface area contributed by atoms with Crippen LogP contribution < -0.4 is 19.3 Å². The molecule has 0 bridgehead atoms. The second kappa shape index (κ2) is 9.80. The normalized spacial score (nSPS) is 10.9. The monoisotopic (exact) mass is 403 g/mol. The van der Waals surface area contributed by atoms with Gasteiger partial charge in [-0.3, -0.25) is 4.79 Å². The zero-order valence-electron chi connectivity index (χ0n) is 15.7. The van der Waals surface area contributed by atoms with Crippen LogP contribution in [0.15, 0.2) is 42.5 Å². The summed E-state index contributed by atoms with van der Waals surface area (Å²) in [6.07, 6.45) is 2.97. The third-order valence-corrected chi connectivity index (χ3v) is 3.81. The van der Waals surface area contributed by atoms with Crippen LogP contribution >= 0.6 is 11.6 Å².